The van der Waals surface area contributed by atoms with Crippen LogP contribution in [0.15, 0.2) is 30.5 Å². The van der Waals surface area contributed by atoms with Crippen LogP contribution in [0.25, 0.3) is 0 Å². The predicted octanol–water partition coefficient (Wildman–Crippen LogP) is 3.35. The molecule has 2 fully saturated rings. The number of halogens is 3. The lowest BCUT2D eigenvalue weighted by atomic mass is 9.89. The van der Waals surface area contributed by atoms with E-state index in [0.717, 1.165) is 55.9 Å². The first-order valence-corrected chi connectivity index (χ1v) is 8.49. The van der Waals surface area contributed by atoms with Crippen LogP contribution in [0.2, 0.25) is 0 Å². The van der Waals surface area contributed by atoms with Gasteiger partial charge in [0.25, 0.3) is 0 Å². The van der Waals surface area contributed by atoms with E-state index in [-0.39, 0.29) is 5.82 Å². The van der Waals surface area contributed by atoms with E-state index in [0.29, 0.717) is 17.8 Å². The van der Waals surface area contributed by atoms with Crippen molar-refractivity contribution in [1.29, 1.82) is 0 Å². The van der Waals surface area contributed by atoms with Crippen molar-refractivity contribution in [2.24, 2.45) is 0 Å². The van der Waals surface area contributed by atoms with Crippen molar-refractivity contribution in [3.63, 3.8) is 0 Å². The minimum absolute atomic E-state index is 0.130. The van der Waals surface area contributed by atoms with Gasteiger partial charge >= 0.3 is 6.18 Å². The van der Waals surface area contributed by atoms with Crippen LogP contribution in [0.1, 0.15) is 22.7 Å². The minimum Gasteiger partial charge on any atom is -0.378 e. The van der Waals surface area contributed by atoms with Gasteiger partial charge in [-0.3, -0.25) is 4.90 Å². The zero-order valence-corrected chi connectivity index (χ0v) is 14.3. The Bertz CT molecular complexity index is 801. The third kappa shape index (κ3) is 3.52. The quantitative estimate of drug-likeness (QED) is 0.902. The predicted molar refractivity (Wildman–Crippen MR) is 90.4 cm³/mol. The minimum atomic E-state index is -4.40. The van der Waals surface area contributed by atoms with Crippen LogP contribution in [-0.4, -0.2) is 47.2 Å². The number of anilines is 2. The molecule has 0 radical (unpaired) electrons. The Balaban J connectivity index is 1.48. The van der Waals surface area contributed by atoms with Gasteiger partial charge in [0.05, 0.1) is 24.8 Å². The van der Waals surface area contributed by atoms with Crippen molar-refractivity contribution < 1.29 is 17.9 Å². The number of rotatable bonds is 4. The molecule has 2 aromatic heterocycles. The number of likely N-dealkylation sites (tertiary alicyclic amines) is 1. The van der Waals surface area contributed by atoms with E-state index in [1.165, 1.54) is 0 Å². The molecule has 2 saturated heterocycles. The molecule has 0 aliphatic carbocycles. The van der Waals surface area contributed by atoms with E-state index in [4.69, 9.17) is 4.74 Å². The summed E-state index contributed by atoms with van der Waals surface area (Å²) in [7, 11) is 0. The number of pyridine rings is 2. The van der Waals surface area contributed by atoms with Gasteiger partial charge in [0.15, 0.2) is 0 Å². The highest BCUT2D eigenvalue weighted by molar-refractivity contribution is 5.54. The molecule has 2 aromatic rings. The van der Waals surface area contributed by atoms with Crippen molar-refractivity contribution in [3.8, 4) is 0 Å². The zero-order valence-electron chi connectivity index (χ0n) is 14.3. The van der Waals surface area contributed by atoms with Gasteiger partial charge in [-0.25, -0.2) is 9.97 Å². The summed E-state index contributed by atoms with van der Waals surface area (Å²) < 4.78 is 43.8. The fourth-order valence-corrected chi connectivity index (χ4v) is 3.26. The number of nitrogens with zero attached hydrogens (tertiary/aromatic N) is 3. The number of aryl methyl sites for hydroxylation is 1. The second-order valence-corrected chi connectivity index (χ2v) is 6.82. The lowest BCUT2D eigenvalue weighted by molar-refractivity contribution is -0.137. The van der Waals surface area contributed by atoms with Crippen molar-refractivity contribution in [1.82, 2.24) is 14.9 Å². The summed E-state index contributed by atoms with van der Waals surface area (Å²) in [5.41, 5.74) is 1.23. The van der Waals surface area contributed by atoms with Gasteiger partial charge in [-0.1, -0.05) is 0 Å². The Morgan fingerprint density at radius 1 is 1.15 bits per heavy atom. The standard InChI is InChI=1S/C18H19F3N4O/c1-11-4-12(13-7-25(8-13)15-9-26-10-15)5-17(23-11)24-16-6-14(2-3-22-16)18(19,20)21/h2-6,13,15H,7-10H2,1H3,(H,22,23,24). The van der Waals surface area contributed by atoms with Crippen LogP contribution >= 0.6 is 0 Å². The highest BCUT2D eigenvalue weighted by Crippen LogP contribution is 2.33. The molecule has 0 unspecified atom stereocenters. The number of hydrogen-bond acceptors (Lipinski definition) is 5. The Labute approximate surface area is 149 Å². The van der Waals surface area contributed by atoms with E-state index in [2.05, 4.69) is 20.2 Å². The molecule has 5 nitrogen and oxygen atoms in total. The van der Waals surface area contributed by atoms with Crippen LogP contribution < -0.4 is 5.32 Å². The van der Waals surface area contributed by atoms with Gasteiger partial charge in [-0.15, -0.1) is 0 Å². The molecule has 0 spiro atoms. The highest BCUT2D eigenvalue weighted by Gasteiger charge is 2.36. The van der Waals surface area contributed by atoms with Crippen LogP contribution in [0.5, 0.6) is 0 Å². The molecular formula is C18H19F3N4O. The topological polar surface area (TPSA) is 50.3 Å². The van der Waals surface area contributed by atoms with Crippen LogP contribution in [0, 0.1) is 6.92 Å². The first-order chi connectivity index (χ1) is 12.4. The molecule has 138 valence electrons. The molecule has 2 aliphatic heterocycles. The molecule has 0 bridgehead atoms. The average molecular weight is 364 g/mol. The van der Waals surface area contributed by atoms with E-state index in [9.17, 15) is 13.2 Å². The third-order valence-corrected chi connectivity index (χ3v) is 4.84. The largest absolute Gasteiger partial charge is 0.416 e. The molecule has 0 amide bonds. The Hall–Kier alpha value is -2.19. The number of hydrogen-bond donors (Lipinski definition) is 1. The zero-order chi connectivity index (χ0) is 18.3. The molecule has 4 heterocycles. The van der Waals surface area contributed by atoms with Crippen LogP contribution in [0.4, 0.5) is 24.8 Å². The van der Waals surface area contributed by atoms with E-state index in [1.54, 1.807) is 0 Å². The van der Waals surface area contributed by atoms with Crippen LogP contribution in [-0.2, 0) is 10.9 Å². The molecular weight excluding hydrogens is 345 g/mol. The lowest BCUT2D eigenvalue weighted by Gasteiger charge is -2.47. The number of alkyl halides is 3. The average Bonchev–Trinajstić information content (AvgIpc) is 2.47. The first kappa shape index (κ1) is 17.2. The van der Waals surface area contributed by atoms with Crippen molar-refractivity contribution >= 4 is 11.6 Å². The van der Waals surface area contributed by atoms with Gasteiger partial charge in [-0.2, -0.15) is 13.2 Å². The van der Waals surface area contributed by atoms with Crippen molar-refractivity contribution in [3.05, 3.63) is 47.3 Å². The lowest BCUT2D eigenvalue weighted by Crippen LogP contribution is -2.58. The summed E-state index contributed by atoms with van der Waals surface area (Å²) in [6.45, 7) is 5.42. The van der Waals surface area contributed by atoms with Crippen molar-refractivity contribution in [2.45, 2.75) is 25.1 Å². The van der Waals surface area contributed by atoms with Crippen LogP contribution in [0.3, 0.4) is 0 Å². The number of aromatic nitrogens is 2. The summed E-state index contributed by atoms with van der Waals surface area (Å²) in [5.74, 6) is 1.05. The molecule has 8 heteroatoms. The first-order valence-electron chi connectivity index (χ1n) is 8.49. The molecule has 0 saturated carbocycles. The third-order valence-electron chi connectivity index (χ3n) is 4.84. The number of nitrogens with one attached hydrogen (secondary N) is 1. The summed E-state index contributed by atoms with van der Waals surface area (Å²) in [4.78, 5) is 10.7. The van der Waals surface area contributed by atoms with Gasteiger partial charge in [-0.05, 0) is 36.8 Å². The van der Waals surface area contributed by atoms with Gasteiger partial charge in [0.2, 0.25) is 0 Å². The smallest absolute Gasteiger partial charge is 0.378 e. The maximum Gasteiger partial charge on any atom is 0.416 e. The Morgan fingerprint density at radius 2 is 1.92 bits per heavy atom. The number of ether oxygens (including phenoxy) is 1. The molecule has 2 aliphatic rings. The molecule has 4 rings (SSSR count). The van der Waals surface area contributed by atoms with Gasteiger partial charge < -0.3 is 10.1 Å². The van der Waals surface area contributed by atoms with Crippen molar-refractivity contribution in [2.75, 3.05) is 31.6 Å². The Kier molecular flexibility index (Phi) is 4.32. The van der Waals surface area contributed by atoms with E-state index < -0.39 is 11.7 Å². The summed E-state index contributed by atoms with van der Waals surface area (Å²) >= 11 is 0. The maximum atomic E-state index is 12.8. The molecule has 26 heavy (non-hydrogen) atoms. The second-order valence-electron chi connectivity index (χ2n) is 6.82. The second kappa shape index (κ2) is 6.51. The van der Waals surface area contributed by atoms with Gasteiger partial charge in [0.1, 0.15) is 11.6 Å². The van der Waals surface area contributed by atoms with E-state index >= 15 is 0 Å². The molecule has 0 atom stereocenters. The Morgan fingerprint density at radius 3 is 2.58 bits per heavy atom. The molecule has 0 aromatic carbocycles. The normalized spacial score (nSPS) is 19.1. The summed E-state index contributed by atoms with van der Waals surface area (Å²) in [6.07, 6.45) is -3.25. The fourth-order valence-electron chi connectivity index (χ4n) is 3.26. The maximum absolute atomic E-state index is 12.8. The molecule has 1 N–H and O–H groups in total. The highest BCUT2D eigenvalue weighted by atomic mass is 19.4. The summed E-state index contributed by atoms with van der Waals surface area (Å²) in [6, 6.07) is 6.40. The fraction of sp³-hybridized carbons (Fsp3) is 0.444. The van der Waals surface area contributed by atoms with Gasteiger partial charge in [0, 0.05) is 30.9 Å². The SMILES string of the molecule is Cc1cc(C2CN(C3COC3)C2)cc(Nc2cc(C(F)(F)F)ccn2)n1. The summed E-state index contributed by atoms with van der Waals surface area (Å²) in [5, 5.41) is 2.90. The monoisotopic (exact) mass is 364 g/mol. The van der Waals surface area contributed by atoms with E-state index in [1.807, 2.05) is 19.1 Å².